The highest BCUT2D eigenvalue weighted by Gasteiger charge is 2.21. The molecule has 0 saturated carbocycles. The molecular formula is C18H15NO4S2. The summed E-state index contributed by atoms with van der Waals surface area (Å²) >= 11 is 0.945. The molecule has 0 aliphatic carbocycles. The van der Waals surface area contributed by atoms with Gasteiger partial charge in [0.1, 0.15) is 9.96 Å². The lowest BCUT2D eigenvalue weighted by molar-refractivity contribution is 0.103. The summed E-state index contributed by atoms with van der Waals surface area (Å²) in [7, 11) is -2.05. The van der Waals surface area contributed by atoms with Crippen molar-refractivity contribution in [1.82, 2.24) is 0 Å². The Labute approximate surface area is 149 Å². The standard InChI is InChI=1S/C18H15NO4S2/c1-23-14-9-7-13(8-10-14)19-18(20)16-11-12-17(24-16)25(21,22)15-5-3-2-4-6-15/h2-12H,1H3,(H,19,20). The molecule has 1 N–H and O–H groups in total. The second-order valence-corrected chi connectivity index (χ2v) is 8.38. The Morgan fingerprint density at radius 3 is 2.28 bits per heavy atom. The number of hydrogen-bond donors (Lipinski definition) is 1. The number of benzene rings is 2. The molecule has 1 aromatic heterocycles. The maximum Gasteiger partial charge on any atom is 0.265 e. The quantitative estimate of drug-likeness (QED) is 0.737. The number of carbonyl (C=O) groups is 1. The number of ether oxygens (including phenoxy) is 1. The molecule has 0 aliphatic rings. The van der Waals surface area contributed by atoms with E-state index in [4.69, 9.17) is 4.74 Å². The summed E-state index contributed by atoms with van der Waals surface area (Å²) in [4.78, 5) is 12.9. The van der Waals surface area contributed by atoms with Crippen LogP contribution in [0.3, 0.4) is 0 Å². The van der Waals surface area contributed by atoms with Gasteiger partial charge < -0.3 is 10.1 Å². The van der Waals surface area contributed by atoms with Gasteiger partial charge in [-0.25, -0.2) is 8.42 Å². The first-order valence-corrected chi connectivity index (χ1v) is 9.66. The molecule has 7 heteroatoms. The Kier molecular flexibility index (Phi) is 4.87. The van der Waals surface area contributed by atoms with Crippen LogP contribution in [0.15, 0.2) is 75.8 Å². The van der Waals surface area contributed by atoms with E-state index in [1.807, 2.05) is 0 Å². The average Bonchev–Trinajstić information content (AvgIpc) is 3.14. The van der Waals surface area contributed by atoms with Gasteiger partial charge in [0, 0.05) is 5.69 Å². The summed E-state index contributed by atoms with van der Waals surface area (Å²) in [5.41, 5.74) is 0.603. The summed E-state index contributed by atoms with van der Waals surface area (Å²) in [5.74, 6) is 0.329. The molecule has 0 spiro atoms. The molecule has 1 amide bonds. The maximum absolute atomic E-state index is 12.6. The molecule has 3 rings (SSSR count). The lowest BCUT2D eigenvalue weighted by atomic mass is 10.3. The fourth-order valence-electron chi connectivity index (χ4n) is 2.17. The zero-order valence-electron chi connectivity index (χ0n) is 13.3. The number of rotatable bonds is 5. The maximum atomic E-state index is 12.6. The predicted octanol–water partition coefficient (Wildman–Crippen LogP) is 3.84. The molecule has 1 heterocycles. The summed E-state index contributed by atoms with van der Waals surface area (Å²) in [6, 6.07) is 18.0. The van der Waals surface area contributed by atoms with Gasteiger partial charge in [-0.05, 0) is 48.5 Å². The average molecular weight is 373 g/mol. The van der Waals surface area contributed by atoms with Crippen molar-refractivity contribution < 1.29 is 17.9 Å². The van der Waals surface area contributed by atoms with Crippen LogP contribution in [0.25, 0.3) is 0 Å². The molecule has 3 aromatic rings. The van der Waals surface area contributed by atoms with Crippen LogP contribution in [0.5, 0.6) is 5.75 Å². The van der Waals surface area contributed by atoms with Gasteiger partial charge in [-0.2, -0.15) is 0 Å². The van der Waals surface area contributed by atoms with E-state index in [0.717, 1.165) is 11.3 Å². The number of anilines is 1. The van der Waals surface area contributed by atoms with Crippen LogP contribution in [0.2, 0.25) is 0 Å². The van der Waals surface area contributed by atoms with Gasteiger partial charge in [0.2, 0.25) is 9.84 Å². The normalized spacial score (nSPS) is 11.1. The van der Waals surface area contributed by atoms with Gasteiger partial charge in [0.15, 0.2) is 0 Å². The molecule has 0 bridgehead atoms. The Morgan fingerprint density at radius 2 is 1.64 bits per heavy atom. The third kappa shape index (κ3) is 3.72. The fraction of sp³-hybridized carbons (Fsp3) is 0.0556. The predicted molar refractivity (Wildman–Crippen MR) is 97.2 cm³/mol. The zero-order chi connectivity index (χ0) is 17.9. The Hall–Kier alpha value is -2.64. The smallest absolute Gasteiger partial charge is 0.265 e. The van der Waals surface area contributed by atoms with Gasteiger partial charge >= 0.3 is 0 Å². The SMILES string of the molecule is COc1ccc(NC(=O)c2ccc(S(=O)(=O)c3ccccc3)s2)cc1. The van der Waals surface area contributed by atoms with Crippen molar-refractivity contribution in [2.45, 2.75) is 9.10 Å². The molecule has 0 saturated heterocycles. The molecule has 0 unspecified atom stereocenters. The number of amides is 1. The van der Waals surface area contributed by atoms with Gasteiger partial charge in [0.05, 0.1) is 16.9 Å². The minimum Gasteiger partial charge on any atom is -0.497 e. The van der Waals surface area contributed by atoms with Crippen LogP contribution in [0, 0.1) is 0 Å². The topological polar surface area (TPSA) is 72.5 Å². The monoisotopic (exact) mass is 373 g/mol. The minimum absolute atomic E-state index is 0.138. The van der Waals surface area contributed by atoms with Gasteiger partial charge in [-0.3, -0.25) is 4.79 Å². The second kappa shape index (κ2) is 7.08. The van der Waals surface area contributed by atoms with Gasteiger partial charge in [0.25, 0.3) is 5.91 Å². The van der Waals surface area contributed by atoms with Crippen molar-refractivity contribution in [2.75, 3.05) is 12.4 Å². The summed E-state index contributed by atoms with van der Waals surface area (Å²) in [6.07, 6.45) is 0. The van der Waals surface area contributed by atoms with Crippen molar-refractivity contribution in [3.8, 4) is 5.75 Å². The van der Waals surface area contributed by atoms with Crippen molar-refractivity contribution in [1.29, 1.82) is 0 Å². The second-order valence-electron chi connectivity index (χ2n) is 5.12. The summed E-state index contributed by atoms with van der Waals surface area (Å²) < 4.78 is 30.3. The van der Waals surface area contributed by atoms with Crippen molar-refractivity contribution in [2.24, 2.45) is 0 Å². The molecule has 25 heavy (non-hydrogen) atoms. The highest BCUT2D eigenvalue weighted by atomic mass is 32.2. The molecule has 0 radical (unpaired) electrons. The van der Waals surface area contributed by atoms with Crippen LogP contribution in [0.4, 0.5) is 5.69 Å². The van der Waals surface area contributed by atoms with E-state index in [1.54, 1.807) is 49.6 Å². The van der Waals surface area contributed by atoms with Crippen molar-refractivity contribution >= 4 is 32.8 Å². The Morgan fingerprint density at radius 1 is 0.960 bits per heavy atom. The van der Waals surface area contributed by atoms with Crippen LogP contribution < -0.4 is 10.1 Å². The molecule has 0 fully saturated rings. The van der Waals surface area contributed by atoms with Crippen LogP contribution >= 0.6 is 11.3 Å². The third-order valence-corrected chi connectivity index (χ3v) is 6.82. The van der Waals surface area contributed by atoms with Gasteiger partial charge in [-0.15, -0.1) is 11.3 Å². The van der Waals surface area contributed by atoms with E-state index in [2.05, 4.69) is 5.32 Å². The number of hydrogen-bond acceptors (Lipinski definition) is 5. The zero-order valence-corrected chi connectivity index (χ0v) is 14.9. The van der Waals surface area contributed by atoms with Gasteiger partial charge in [-0.1, -0.05) is 18.2 Å². The molecular weight excluding hydrogens is 358 g/mol. The van der Waals surface area contributed by atoms with Crippen molar-refractivity contribution in [3.05, 3.63) is 71.6 Å². The van der Waals surface area contributed by atoms with E-state index in [0.29, 0.717) is 16.3 Å². The molecule has 128 valence electrons. The van der Waals surface area contributed by atoms with E-state index < -0.39 is 9.84 Å². The minimum atomic E-state index is -3.61. The first-order chi connectivity index (χ1) is 12.0. The Balaban J connectivity index is 1.79. The van der Waals surface area contributed by atoms with Crippen molar-refractivity contribution in [3.63, 3.8) is 0 Å². The van der Waals surface area contributed by atoms with Crippen LogP contribution in [-0.2, 0) is 9.84 Å². The van der Waals surface area contributed by atoms with E-state index in [-0.39, 0.29) is 15.0 Å². The number of sulfone groups is 1. The van der Waals surface area contributed by atoms with E-state index in [1.165, 1.54) is 24.3 Å². The third-order valence-electron chi connectivity index (χ3n) is 3.47. The Bertz CT molecular complexity index is 977. The summed E-state index contributed by atoms with van der Waals surface area (Å²) in [5, 5.41) is 2.74. The molecule has 5 nitrogen and oxygen atoms in total. The number of nitrogens with one attached hydrogen (secondary N) is 1. The van der Waals surface area contributed by atoms with E-state index >= 15 is 0 Å². The summed E-state index contributed by atoms with van der Waals surface area (Å²) in [6.45, 7) is 0. The van der Waals surface area contributed by atoms with E-state index in [9.17, 15) is 13.2 Å². The van der Waals surface area contributed by atoms with Crippen LogP contribution in [-0.4, -0.2) is 21.4 Å². The molecule has 2 aromatic carbocycles. The first-order valence-electron chi connectivity index (χ1n) is 7.36. The number of methoxy groups -OCH3 is 1. The number of carbonyl (C=O) groups excluding carboxylic acids is 1. The highest BCUT2D eigenvalue weighted by molar-refractivity contribution is 7.93. The lowest BCUT2D eigenvalue weighted by Gasteiger charge is -2.05. The fourth-order valence-corrected chi connectivity index (χ4v) is 4.79. The molecule has 0 atom stereocenters. The lowest BCUT2D eigenvalue weighted by Crippen LogP contribution is -2.09. The highest BCUT2D eigenvalue weighted by Crippen LogP contribution is 2.28. The molecule has 0 aliphatic heterocycles. The first kappa shape index (κ1) is 17.2. The van der Waals surface area contributed by atoms with Crippen LogP contribution in [0.1, 0.15) is 9.67 Å². The number of thiophene rings is 1. The largest absolute Gasteiger partial charge is 0.497 e.